The maximum absolute atomic E-state index is 12.3. The Balaban J connectivity index is 1.79. The number of halogens is 1. The molecule has 2 aromatic rings. The van der Waals surface area contributed by atoms with Crippen molar-refractivity contribution >= 4 is 28.5 Å². The molecule has 1 aromatic heterocycles. The van der Waals surface area contributed by atoms with E-state index in [1.165, 1.54) is 0 Å². The van der Waals surface area contributed by atoms with Gasteiger partial charge in [-0.15, -0.1) is 11.6 Å². The molecule has 0 bridgehead atoms. The zero-order chi connectivity index (χ0) is 17.2. The molecule has 1 aliphatic heterocycles. The number of ether oxygens (including phenoxy) is 1. The molecule has 1 saturated heterocycles. The normalized spacial score (nSPS) is 19.5. The number of fused-ring (bicyclic) bond motifs is 1. The first kappa shape index (κ1) is 17.1. The second-order valence-electron chi connectivity index (χ2n) is 6.89. The number of rotatable bonds is 5. The van der Waals surface area contributed by atoms with Crippen LogP contribution < -0.4 is 0 Å². The van der Waals surface area contributed by atoms with Crippen LogP contribution in [-0.4, -0.2) is 45.9 Å². The average molecular weight is 348 g/mol. The molecule has 0 aliphatic carbocycles. The van der Waals surface area contributed by atoms with E-state index in [4.69, 9.17) is 16.3 Å². The summed E-state index contributed by atoms with van der Waals surface area (Å²) in [5, 5.41) is 0. The van der Waals surface area contributed by atoms with Gasteiger partial charge in [-0.2, -0.15) is 0 Å². The van der Waals surface area contributed by atoms with Crippen molar-refractivity contribution in [2.75, 3.05) is 19.0 Å². The van der Waals surface area contributed by atoms with Gasteiger partial charge in [-0.05, 0) is 29.5 Å². The third kappa shape index (κ3) is 3.68. The number of carbonyl (C=O) groups excluding carboxylic acids is 1. The number of alkyl halides is 1. The standard InChI is InChI=1S/C18H22ClN3O2/c1-18(2)5-8-24-16(18)12-22(17(23)10-19)11-13-3-4-14-15(9-13)21-7-6-20-14/h3-4,6-7,9,16H,5,8,10-12H2,1-2H3. The van der Waals surface area contributed by atoms with Crippen LogP contribution in [0.2, 0.25) is 0 Å². The molecule has 1 aliphatic rings. The van der Waals surface area contributed by atoms with Gasteiger partial charge in [0.25, 0.3) is 0 Å². The molecule has 1 amide bonds. The Morgan fingerprint density at radius 2 is 2.08 bits per heavy atom. The summed E-state index contributed by atoms with van der Waals surface area (Å²) in [5.74, 6) is -0.109. The molecule has 6 heteroatoms. The highest BCUT2D eigenvalue weighted by Crippen LogP contribution is 2.34. The first-order valence-electron chi connectivity index (χ1n) is 8.14. The topological polar surface area (TPSA) is 55.3 Å². The number of carbonyl (C=O) groups is 1. The molecule has 24 heavy (non-hydrogen) atoms. The Morgan fingerprint density at radius 1 is 1.33 bits per heavy atom. The summed E-state index contributed by atoms with van der Waals surface area (Å²) >= 11 is 5.81. The van der Waals surface area contributed by atoms with Gasteiger partial charge in [0, 0.05) is 32.1 Å². The lowest BCUT2D eigenvalue weighted by Gasteiger charge is -2.31. The molecule has 0 saturated carbocycles. The van der Waals surface area contributed by atoms with Gasteiger partial charge in [0.2, 0.25) is 5.91 Å². The van der Waals surface area contributed by atoms with E-state index in [1.54, 1.807) is 17.3 Å². The number of amides is 1. The van der Waals surface area contributed by atoms with Crippen molar-refractivity contribution < 1.29 is 9.53 Å². The van der Waals surface area contributed by atoms with Gasteiger partial charge in [0.05, 0.1) is 17.1 Å². The van der Waals surface area contributed by atoms with Crippen molar-refractivity contribution in [2.45, 2.75) is 32.9 Å². The molecule has 1 aromatic carbocycles. The largest absolute Gasteiger partial charge is 0.376 e. The number of nitrogens with zero attached hydrogens (tertiary/aromatic N) is 3. The molecule has 128 valence electrons. The minimum absolute atomic E-state index is 0.0272. The van der Waals surface area contributed by atoms with E-state index in [-0.39, 0.29) is 23.3 Å². The van der Waals surface area contributed by atoms with Crippen LogP contribution in [0.15, 0.2) is 30.6 Å². The molecule has 1 fully saturated rings. The Hall–Kier alpha value is -1.72. The molecule has 0 N–H and O–H groups in total. The van der Waals surface area contributed by atoms with E-state index in [0.29, 0.717) is 13.1 Å². The maximum atomic E-state index is 12.3. The lowest BCUT2D eigenvalue weighted by Crippen LogP contribution is -2.42. The molecule has 0 spiro atoms. The molecule has 5 nitrogen and oxygen atoms in total. The Labute approximate surface area is 147 Å². The molecule has 0 radical (unpaired) electrons. The van der Waals surface area contributed by atoms with Gasteiger partial charge in [-0.25, -0.2) is 0 Å². The minimum Gasteiger partial charge on any atom is -0.376 e. The lowest BCUT2D eigenvalue weighted by molar-refractivity contribution is -0.131. The van der Waals surface area contributed by atoms with E-state index in [1.807, 2.05) is 18.2 Å². The van der Waals surface area contributed by atoms with Crippen molar-refractivity contribution in [2.24, 2.45) is 5.41 Å². The second-order valence-corrected chi connectivity index (χ2v) is 7.15. The second kappa shape index (κ2) is 7.03. The summed E-state index contributed by atoms with van der Waals surface area (Å²) in [4.78, 5) is 22.7. The van der Waals surface area contributed by atoms with Gasteiger partial charge in [-0.1, -0.05) is 19.9 Å². The Kier molecular flexibility index (Phi) is 5.01. The van der Waals surface area contributed by atoms with Gasteiger partial charge in [-0.3, -0.25) is 14.8 Å². The smallest absolute Gasteiger partial charge is 0.237 e. The van der Waals surface area contributed by atoms with Crippen molar-refractivity contribution in [3.05, 3.63) is 36.2 Å². The number of hydrogen-bond donors (Lipinski definition) is 0. The Morgan fingerprint density at radius 3 is 2.75 bits per heavy atom. The first-order valence-corrected chi connectivity index (χ1v) is 8.68. The molecule has 1 atom stereocenters. The fourth-order valence-corrected chi connectivity index (χ4v) is 3.19. The van der Waals surface area contributed by atoms with Crippen molar-refractivity contribution in [3.8, 4) is 0 Å². The highest BCUT2D eigenvalue weighted by molar-refractivity contribution is 6.27. The quantitative estimate of drug-likeness (QED) is 0.780. The first-order chi connectivity index (χ1) is 11.5. The van der Waals surface area contributed by atoms with E-state index in [2.05, 4.69) is 23.8 Å². The predicted octanol–water partition coefficient (Wildman–Crippen LogP) is 3.01. The van der Waals surface area contributed by atoms with Gasteiger partial charge < -0.3 is 9.64 Å². The van der Waals surface area contributed by atoms with E-state index < -0.39 is 0 Å². The number of aromatic nitrogens is 2. The highest BCUT2D eigenvalue weighted by atomic mass is 35.5. The summed E-state index contributed by atoms with van der Waals surface area (Å²) in [6, 6.07) is 5.88. The van der Waals surface area contributed by atoms with Crippen LogP contribution in [0.3, 0.4) is 0 Å². The van der Waals surface area contributed by atoms with Crippen LogP contribution in [0.25, 0.3) is 11.0 Å². The molecular weight excluding hydrogens is 326 g/mol. The number of benzene rings is 1. The third-order valence-corrected chi connectivity index (χ3v) is 4.93. The van der Waals surface area contributed by atoms with Crippen LogP contribution in [0.4, 0.5) is 0 Å². The minimum atomic E-state index is -0.0813. The zero-order valence-corrected chi connectivity index (χ0v) is 14.8. The molecule has 2 heterocycles. The zero-order valence-electron chi connectivity index (χ0n) is 14.0. The van der Waals surface area contributed by atoms with Crippen molar-refractivity contribution in [3.63, 3.8) is 0 Å². The van der Waals surface area contributed by atoms with Crippen LogP contribution in [0.1, 0.15) is 25.8 Å². The average Bonchev–Trinajstić information content (AvgIpc) is 2.91. The van der Waals surface area contributed by atoms with Crippen LogP contribution in [0, 0.1) is 5.41 Å². The van der Waals surface area contributed by atoms with Crippen LogP contribution in [0.5, 0.6) is 0 Å². The van der Waals surface area contributed by atoms with Gasteiger partial charge in [0.15, 0.2) is 0 Å². The van der Waals surface area contributed by atoms with Crippen LogP contribution >= 0.6 is 11.6 Å². The third-order valence-electron chi connectivity index (χ3n) is 4.70. The highest BCUT2D eigenvalue weighted by Gasteiger charge is 2.37. The van der Waals surface area contributed by atoms with E-state index >= 15 is 0 Å². The number of hydrogen-bond acceptors (Lipinski definition) is 4. The SMILES string of the molecule is CC1(C)CCOC1CN(Cc1ccc2nccnc2c1)C(=O)CCl. The molecule has 1 unspecified atom stereocenters. The summed E-state index contributed by atoms with van der Waals surface area (Å²) in [7, 11) is 0. The predicted molar refractivity (Wildman–Crippen MR) is 93.8 cm³/mol. The molecular formula is C18H22ClN3O2. The van der Waals surface area contributed by atoms with Gasteiger partial charge in [0.1, 0.15) is 5.88 Å². The lowest BCUT2D eigenvalue weighted by atomic mass is 9.85. The van der Waals surface area contributed by atoms with Gasteiger partial charge >= 0.3 is 0 Å². The van der Waals surface area contributed by atoms with E-state index in [9.17, 15) is 4.79 Å². The maximum Gasteiger partial charge on any atom is 0.237 e. The summed E-state index contributed by atoms with van der Waals surface area (Å²) in [6.07, 6.45) is 4.38. The van der Waals surface area contributed by atoms with Crippen LogP contribution in [-0.2, 0) is 16.1 Å². The fraction of sp³-hybridized carbons (Fsp3) is 0.500. The summed E-state index contributed by atoms with van der Waals surface area (Å²) < 4.78 is 5.84. The van der Waals surface area contributed by atoms with Crippen molar-refractivity contribution in [1.82, 2.24) is 14.9 Å². The van der Waals surface area contributed by atoms with E-state index in [0.717, 1.165) is 29.6 Å². The fourth-order valence-electron chi connectivity index (χ4n) is 3.02. The molecule has 3 rings (SSSR count). The monoisotopic (exact) mass is 347 g/mol. The Bertz CT molecular complexity index is 735. The summed E-state index contributed by atoms with van der Waals surface area (Å²) in [6.45, 7) is 6.15. The van der Waals surface area contributed by atoms with Crippen molar-refractivity contribution in [1.29, 1.82) is 0 Å². The summed E-state index contributed by atoms with van der Waals surface area (Å²) in [5.41, 5.74) is 2.75.